The Morgan fingerprint density at radius 3 is 2.50 bits per heavy atom. The molecule has 0 aromatic rings. The number of rotatable bonds is 6. The van der Waals surface area contributed by atoms with Crippen LogP contribution < -0.4 is 0 Å². The molecule has 2 rings (SSSR count). The summed E-state index contributed by atoms with van der Waals surface area (Å²) < 4.78 is 15.1. The summed E-state index contributed by atoms with van der Waals surface area (Å²) in [5, 5.41) is 0. The minimum Gasteiger partial charge on any atom is -0.461 e. The molecule has 3 unspecified atom stereocenters. The molecule has 0 bridgehead atoms. The Kier molecular flexibility index (Phi) is 4.79. The Labute approximate surface area is 137 Å². The van der Waals surface area contributed by atoms with Crippen molar-refractivity contribution in [3.63, 3.8) is 0 Å². The van der Waals surface area contributed by atoms with Crippen molar-refractivity contribution in [3.05, 3.63) is 23.3 Å². The second-order valence-electron chi connectivity index (χ2n) is 5.53. The molecular weight excluding hydrogens is 320 g/mol. The van der Waals surface area contributed by atoms with E-state index in [0.717, 1.165) is 13.0 Å². The molecule has 0 aromatic carbocycles. The van der Waals surface area contributed by atoms with Crippen LogP contribution in [0, 0.1) is 0 Å². The number of carbonyl (C=O) groups excluding carboxylic acids is 5. The first-order valence-corrected chi connectivity index (χ1v) is 7.13. The molecule has 0 amide bonds. The highest BCUT2D eigenvalue weighted by atomic mass is 16.7. The fourth-order valence-electron chi connectivity index (χ4n) is 2.46. The Morgan fingerprint density at radius 1 is 1.29 bits per heavy atom. The summed E-state index contributed by atoms with van der Waals surface area (Å²) in [6.07, 6.45) is 0.482. The number of fused-ring (bicyclic) bond motifs is 1. The summed E-state index contributed by atoms with van der Waals surface area (Å²) in [6.45, 7) is 3.45. The second kappa shape index (κ2) is 6.48. The van der Waals surface area contributed by atoms with Gasteiger partial charge in [-0.3, -0.25) is 24.0 Å². The van der Waals surface area contributed by atoms with Crippen LogP contribution >= 0.6 is 0 Å². The quantitative estimate of drug-likeness (QED) is 0.284. The van der Waals surface area contributed by atoms with Gasteiger partial charge in [0.15, 0.2) is 23.8 Å². The number of ketones is 2. The number of epoxide rings is 1. The highest BCUT2D eigenvalue weighted by Gasteiger charge is 2.72. The number of hydrogen-bond acceptors (Lipinski definition) is 8. The Balaban J connectivity index is 2.32. The molecule has 1 saturated heterocycles. The van der Waals surface area contributed by atoms with E-state index >= 15 is 0 Å². The number of Topliss-reactive ketones (excluding diaryl/α,β-unsaturated/α-hetero) is 1. The van der Waals surface area contributed by atoms with Gasteiger partial charge < -0.3 is 14.2 Å². The van der Waals surface area contributed by atoms with E-state index < -0.39 is 41.3 Å². The molecule has 0 saturated carbocycles. The minimum absolute atomic E-state index is 0.00555. The Morgan fingerprint density at radius 2 is 1.96 bits per heavy atom. The van der Waals surface area contributed by atoms with Crippen molar-refractivity contribution in [2.75, 3.05) is 6.61 Å². The fraction of sp³-hybridized carbons (Fsp3) is 0.438. The number of hydrogen-bond donors (Lipinski definition) is 0. The van der Waals surface area contributed by atoms with E-state index in [9.17, 15) is 24.0 Å². The summed E-state index contributed by atoms with van der Waals surface area (Å²) in [5.41, 5.74) is -1.43. The first-order valence-electron chi connectivity index (χ1n) is 7.13. The zero-order valence-electron chi connectivity index (χ0n) is 13.4. The average Bonchev–Trinajstić information content (AvgIpc) is 3.25. The zero-order valence-corrected chi connectivity index (χ0v) is 13.4. The predicted molar refractivity (Wildman–Crippen MR) is 77.7 cm³/mol. The Bertz CT molecular complexity index is 686. The molecule has 0 N–H and O–H groups in total. The lowest BCUT2D eigenvalue weighted by atomic mass is 9.83. The molecule has 24 heavy (non-hydrogen) atoms. The lowest BCUT2D eigenvalue weighted by molar-refractivity contribution is -0.149. The number of allylic oxidation sites excluding steroid dienone is 1. The third-order valence-corrected chi connectivity index (χ3v) is 3.64. The molecule has 0 spiro atoms. The van der Waals surface area contributed by atoms with E-state index in [1.54, 1.807) is 0 Å². The van der Waals surface area contributed by atoms with E-state index in [0.29, 0.717) is 6.29 Å². The van der Waals surface area contributed by atoms with Crippen LogP contribution in [0.1, 0.15) is 20.8 Å². The fourth-order valence-corrected chi connectivity index (χ4v) is 2.46. The summed E-state index contributed by atoms with van der Waals surface area (Å²) in [5.74, 6) is -2.39. The average molecular weight is 336 g/mol. The first-order chi connectivity index (χ1) is 11.2. The molecular formula is C16H16O8. The van der Waals surface area contributed by atoms with Gasteiger partial charge in [0, 0.05) is 19.4 Å². The summed E-state index contributed by atoms with van der Waals surface area (Å²) >= 11 is 0. The van der Waals surface area contributed by atoms with E-state index in [1.165, 1.54) is 19.9 Å². The van der Waals surface area contributed by atoms with Crippen LogP contribution in [-0.4, -0.2) is 54.2 Å². The third-order valence-electron chi connectivity index (χ3n) is 3.64. The van der Waals surface area contributed by atoms with Crippen LogP contribution in [0.4, 0.5) is 0 Å². The molecule has 1 aliphatic carbocycles. The normalized spacial score (nSPS) is 26.9. The van der Waals surface area contributed by atoms with E-state index in [4.69, 9.17) is 14.2 Å². The lowest BCUT2D eigenvalue weighted by Crippen LogP contribution is -2.46. The van der Waals surface area contributed by atoms with Crippen LogP contribution in [0.3, 0.4) is 0 Å². The molecule has 0 radical (unpaired) electrons. The molecule has 1 fully saturated rings. The summed E-state index contributed by atoms with van der Waals surface area (Å²) in [4.78, 5) is 57.7. The number of ether oxygens (including phenoxy) is 3. The predicted octanol–water partition coefficient (Wildman–Crippen LogP) is -0.158. The van der Waals surface area contributed by atoms with E-state index in [2.05, 4.69) is 0 Å². The standard InChI is InChI=1S/C16H16O8/c1-8(6-17)4-13(23-10(3)19)16-12(20)5-11(7-22-9(2)18)14(21)15(16)24-16/h4-6,13,15H,7H2,1-3H3. The maximum Gasteiger partial charge on any atom is 0.303 e. The maximum absolute atomic E-state index is 12.4. The van der Waals surface area contributed by atoms with Crippen LogP contribution in [0.25, 0.3) is 0 Å². The third kappa shape index (κ3) is 3.18. The van der Waals surface area contributed by atoms with Gasteiger partial charge in [-0.05, 0) is 24.6 Å². The smallest absolute Gasteiger partial charge is 0.303 e. The van der Waals surface area contributed by atoms with Gasteiger partial charge in [-0.15, -0.1) is 0 Å². The zero-order chi connectivity index (χ0) is 18.1. The van der Waals surface area contributed by atoms with Crippen molar-refractivity contribution in [3.8, 4) is 0 Å². The molecule has 1 aliphatic heterocycles. The lowest BCUT2D eigenvalue weighted by Gasteiger charge is -2.22. The highest BCUT2D eigenvalue weighted by molar-refractivity contribution is 6.19. The monoisotopic (exact) mass is 336 g/mol. The molecule has 1 heterocycles. The molecule has 8 heteroatoms. The van der Waals surface area contributed by atoms with Crippen molar-refractivity contribution in [1.82, 2.24) is 0 Å². The van der Waals surface area contributed by atoms with Gasteiger partial charge in [0.25, 0.3) is 0 Å². The second-order valence-corrected chi connectivity index (χ2v) is 5.53. The van der Waals surface area contributed by atoms with Crippen LogP contribution in [-0.2, 0) is 38.2 Å². The molecule has 8 nitrogen and oxygen atoms in total. The number of carbonyl (C=O) groups is 5. The van der Waals surface area contributed by atoms with Crippen molar-refractivity contribution < 1.29 is 38.2 Å². The minimum atomic E-state index is -1.66. The van der Waals surface area contributed by atoms with Crippen molar-refractivity contribution in [2.45, 2.75) is 38.6 Å². The first kappa shape index (κ1) is 17.7. The molecule has 3 atom stereocenters. The SMILES string of the molecule is CC(=O)OCC1=CC(=O)C2(C(C=C(C)C=O)OC(C)=O)OC2C1=O. The van der Waals surface area contributed by atoms with E-state index in [-0.39, 0.29) is 17.8 Å². The number of esters is 2. The van der Waals surface area contributed by atoms with Gasteiger partial charge in [0.05, 0.1) is 0 Å². The Hall–Kier alpha value is -2.61. The number of aldehydes is 1. The summed E-state index contributed by atoms with van der Waals surface area (Å²) in [7, 11) is 0. The van der Waals surface area contributed by atoms with Gasteiger partial charge in [0.2, 0.25) is 5.60 Å². The van der Waals surface area contributed by atoms with Crippen LogP contribution in [0.15, 0.2) is 23.3 Å². The van der Waals surface area contributed by atoms with Crippen LogP contribution in [0.2, 0.25) is 0 Å². The topological polar surface area (TPSA) is 116 Å². The summed E-state index contributed by atoms with van der Waals surface area (Å²) in [6, 6.07) is 0. The maximum atomic E-state index is 12.4. The highest BCUT2D eigenvalue weighted by Crippen LogP contribution is 2.47. The molecule has 0 aromatic heterocycles. The largest absolute Gasteiger partial charge is 0.461 e. The molecule has 128 valence electrons. The van der Waals surface area contributed by atoms with E-state index in [1.807, 2.05) is 0 Å². The van der Waals surface area contributed by atoms with Crippen molar-refractivity contribution >= 4 is 29.8 Å². The van der Waals surface area contributed by atoms with Crippen molar-refractivity contribution in [1.29, 1.82) is 0 Å². The van der Waals surface area contributed by atoms with Gasteiger partial charge in [-0.25, -0.2) is 0 Å². The van der Waals surface area contributed by atoms with Gasteiger partial charge >= 0.3 is 11.9 Å². The van der Waals surface area contributed by atoms with Gasteiger partial charge in [-0.2, -0.15) is 0 Å². The molecule has 2 aliphatic rings. The van der Waals surface area contributed by atoms with Crippen molar-refractivity contribution in [2.24, 2.45) is 0 Å². The van der Waals surface area contributed by atoms with Crippen LogP contribution in [0.5, 0.6) is 0 Å². The van der Waals surface area contributed by atoms with Gasteiger partial charge in [-0.1, -0.05) is 0 Å². The van der Waals surface area contributed by atoms with Gasteiger partial charge in [0.1, 0.15) is 12.9 Å².